The quantitative estimate of drug-likeness (QED) is 0.854. The lowest BCUT2D eigenvalue weighted by atomic mass is 10.0. The number of rotatable bonds is 4. The average Bonchev–Trinajstić information content (AvgIpc) is 2.46. The number of methoxy groups -OCH3 is 1. The molecular formula is C16H19F2NO2. The second kappa shape index (κ2) is 6.24. The zero-order valence-corrected chi connectivity index (χ0v) is 12.1. The third kappa shape index (κ3) is 3.80. The van der Waals surface area contributed by atoms with Crippen molar-refractivity contribution in [2.75, 3.05) is 20.2 Å². The van der Waals surface area contributed by atoms with Crippen LogP contribution in [0.5, 0.6) is 5.75 Å². The van der Waals surface area contributed by atoms with Crippen LogP contribution in [0.1, 0.15) is 24.0 Å². The van der Waals surface area contributed by atoms with E-state index < -0.39 is 5.92 Å². The summed E-state index contributed by atoms with van der Waals surface area (Å²) < 4.78 is 31.5. The number of amides is 1. The first-order valence-electron chi connectivity index (χ1n) is 6.90. The van der Waals surface area contributed by atoms with Crippen LogP contribution in [0, 0.1) is 0 Å². The predicted octanol–water partition coefficient (Wildman–Crippen LogP) is 3.14. The van der Waals surface area contributed by atoms with Crippen LogP contribution in [0.4, 0.5) is 8.78 Å². The van der Waals surface area contributed by atoms with Crippen molar-refractivity contribution >= 4 is 12.0 Å². The Morgan fingerprint density at radius 2 is 2.10 bits per heavy atom. The van der Waals surface area contributed by atoms with Crippen molar-refractivity contribution in [1.29, 1.82) is 0 Å². The molecule has 0 unspecified atom stereocenters. The monoisotopic (exact) mass is 295 g/mol. The maximum Gasteiger partial charge on any atom is 0.251 e. The average molecular weight is 295 g/mol. The summed E-state index contributed by atoms with van der Waals surface area (Å²) in [5, 5.41) is 0. The molecule has 3 nitrogen and oxygen atoms in total. The van der Waals surface area contributed by atoms with Crippen LogP contribution in [-0.2, 0) is 11.2 Å². The molecule has 1 saturated heterocycles. The van der Waals surface area contributed by atoms with Gasteiger partial charge in [-0.25, -0.2) is 8.78 Å². The summed E-state index contributed by atoms with van der Waals surface area (Å²) in [4.78, 5) is 13.7. The van der Waals surface area contributed by atoms with Crippen molar-refractivity contribution in [3.63, 3.8) is 0 Å². The molecule has 1 aliphatic heterocycles. The van der Waals surface area contributed by atoms with E-state index >= 15 is 0 Å². The first-order valence-corrected chi connectivity index (χ1v) is 6.90. The van der Waals surface area contributed by atoms with Crippen molar-refractivity contribution in [3.05, 3.63) is 35.9 Å². The zero-order chi connectivity index (χ0) is 15.5. The van der Waals surface area contributed by atoms with Crippen LogP contribution in [0.25, 0.3) is 6.08 Å². The lowest BCUT2D eigenvalue weighted by Crippen LogP contribution is -2.43. The summed E-state index contributed by atoms with van der Waals surface area (Å²) in [6, 6.07) is 5.47. The van der Waals surface area contributed by atoms with Gasteiger partial charge < -0.3 is 9.64 Å². The number of likely N-dealkylation sites (tertiary alicyclic amines) is 1. The number of carbonyl (C=O) groups excluding carboxylic acids is 1. The van der Waals surface area contributed by atoms with Gasteiger partial charge in [-0.05, 0) is 17.7 Å². The number of carbonyl (C=O) groups is 1. The first kappa shape index (κ1) is 15.5. The molecule has 0 radical (unpaired) electrons. The molecule has 0 bridgehead atoms. The minimum absolute atomic E-state index is 0.106. The van der Waals surface area contributed by atoms with Gasteiger partial charge in [0.05, 0.1) is 13.5 Å². The van der Waals surface area contributed by atoms with Crippen LogP contribution in [0.2, 0.25) is 0 Å². The molecule has 0 aliphatic carbocycles. The highest BCUT2D eigenvalue weighted by Crippen LogP contribution is 2.28. The Morgan fingerprint density at radius 1 is 1.43 bits per heavy atom. The minimum Gasteiger partial charge on any atom is -0.496 e. The smallest absolute Gasteiger partial charge is 0.251 e. The normalized spacial score (nSPS) is 17.4. The van der Waals surface area contributed by atoms with E-state index in [0.29, 0.717) is 5.75 Å². The lowest BCUT2D eigenvalue weighted by molar-refractivity contribution is -0.136. The van der Waals surface area contributed by atoms with E-state index in [2.05, 4.69) is 6.58 Å². The topological polar surface area (TPSA) is 29.5 Å². The molecule has 1 heterocycles. The number of nitrogens with zero attached hydrogens (tertiary/aromatic N) is 1. The van der Waals surface area contributed by atoms with Crippen molar-refractivity contribution in [2.24, 2.45) is 0 Å². The fourth-order valence-electron chi connectivity index (χ4n) is 2.42. The van der Waals surface area contributed by atoms with Crippen LogP contribution in [0.3, 0.4) is 0 Å². The third-order valence-electron chi connectivity index (χ3n) is 3.73. The van der Waals surface area contributed by atoms with Crippen LogP contribution < -0.4 is 4.74 Å². The molecule has 0 N–H and O–H groups in total. The highest BCUT2D eigenvalue weighted by Gasteiger charge is 2.35. The van der Waals surface area contributed by atoms with Gasteiger partial charge in [-0.2, -0.15) is 0 Å². The number of halogens is 2. The number of ether oxygens (including phenoxy) is 1. The molecule has 5 heteroatoms. The van der Waals surface area contributed by atoms with Crippen molar-refractivity contribution in [2.45, 2.75) is 25.2 Å². The summed E-state index contributed by atoms with van der Waals surface area (Å²) in [7, 11) is 1.54. The van der Waals surface area contributed by atoms with Crippen LogP contribution >= 0.6 is 0 Å². The molecule has 1 amide bonds. The molecule has 21 heavy (non-hydrogen) atoms. The van der Waals surface area contributed by atoms with Crippen molar-refractivity contribution < 1.29 is 18.3 Å². The number of alkyl halides is 2. The van der Waals surface area contributed by atoms with Gasteiger partial charge in [0.2, 0.25) is 5.91 Å². The fraction of sp³-hybridized carbons (Fsp3) is 0.438. The molecule has 0 saturated carbocycles. The highest BCUT2D eigenvalue weighted by molar-refractivity contribution is 5.80. The summed E-state index contributed by atoms with van der Waals surface area (Å²) in [5.74, 6) is -2.17. The van der Waals surface area contributed by atoms with E-state index in [4.69, 9.17) is 4.74 Å². The molecule has 0 aromatic heterocycles. The van der Waals surface area contributed by atoms with Crippen LogP contribution in [-0.4, -0.2) is 36.9 Å². The Balaban J connectivity index is 2.07. The Bertz CT molecular complexity index is 533. The van der Waals surface area contributed by atoms with Gasteiger partial charge in [0.25, 0.3) is 5.92 Å². The molecule has 1 aliphatic rings. The van der Waals surface area contributed by atoms with Gasteiger partial charge >= 0.3 is 0 Å². The first-order chi connectivity index (χ1) is 9.95. The highest BCUT2D eigenvalue weighted by atomic mass is 19.3. The van der Waals surface area contributed by atoms with Gasteiger partial charge in [0, 0.05) is 31.5 Å². The van der Waals surface area contributed by atoms with Gasteiger partial charge in [0.15, 0.2) is 0 Å². The molecule has 1 aromatic carbocycles. The van der Waals surface area contributed by atoms with Crippen molar-refractivity contribution in [3.8, 4) is 5.75 Å². The SMILES string of the molecule is C=Cc1ccc(OC)c(CC(=O)N2CCC(F)(F)CC2)c1. The number of benzene rings is 1. The van der Waals surface area contributed by atoms with Gasteiger partial charge in [-0.15, -0.1) is 0 Å². The van der Waals surface area contributed by atoms with E-state index in [1.54, 1.807) is 19.3 Å². The molecule has 1 fully saturated rings. The molecule has 0 spiro atoms. The van der Waals surface area contributed by atoms with E-state index in [1.165, 1.54) is 4.90 Å². The van der Waals surface area contributed by atoms with E-state index in [0.717, 1.165) is 11.1 Å². The largest absolute Gasteiger partial charge is 0.496 e. The third-order valence-corrected chi connectivity index (χ3v) is 3.73. The fourth-order valence-corrected chi connectivity index (χ4v) is 2.42. The minimum atomic E-state index is -2.64. The van der Waals surface area contributed by atoms with Crippen molar-refractivity contribution in [1.82, 2.24) is 4.90 Å². The lowest BCUT2D eigenvalue weighted by Gasteiger charge is -2.32. The maximum absolute atomic E-state index is 13.1. The number of hydrogen-bond acceptors (Lipinski definition) is 2. The summed E-state index contributed by atoms with van der Waals surface area (Å²) in [6.45, 7) is 3.91. The van der Waals surface area contributed by atoms with Crippen LogP contribution in [0.15, 0.2) is 24.8 Å². The number of piperidine rings is 1. The van der Waals surface area contributed by atoms with Gasteiger partial charge in [0.1, 0.15) is 5.75 Å². The van der Waals surface area contributed by atoms with Gasteiger partial charge in [-0.1, -0.05) is 18.7 Å². The Labute approximate surface area is 123 Å². The molecule has 2 rings (SSSR count). The molecular weight excluding hydrogens is 276 g/mol. The Kier molecular flexibility index (Phi) is 4.60. The number of hydrogen-bond donors (Lipinski definition) is 0. The van der Waals surface area contributed by atoms with E-state index in [9.17, 15) is 13.6 Å². The summed E-state index contributed by atoms with van der Waals surface area (Å²) in [5.41, 5.74) is 1.64. The maximum atomic E-state index is 13.1. The zero-order valence-electron chi connectivity index (χ0n) is 12.1. The van der Waals surface area contributed by atoms with Gasteiger partial charge in [-0.3, -0.25) is 4.79 Å². The second-order valence-electron chi connectivity index (χ2n) is 5.19. The molecule has 1 aromatic rings. The second-order valence-corrected chi connectivity index (χ2v) is 5.19. The molecule has 114 valence electrons. The molecule has 0 atom stereocenters. The standard InChI is InChI=1S/C16H19F2NO2/c1-3-12-4-5-14(21-2)13(10-12)11-15(20)19-8-6-16(17,18)7-9-19/h3-5,10H,1,6-9,11H2,2H3. The predicted molar refractivity (Wildman–Crippen MR) is 77.6 cm³/mol. The Morgan fingerprint density at radius 3 is 2.67 bits per heavy atom. The Hall–Kier alpha value is -1.91. The van der Waals surface area contributed by atoms with E-state index in [-0.39, 0.29) is 38.3 Å². The summed E-state index contributed by atoms with van der Waals surface area (Å²) >= 11 is 0. The van der Waals surface area contributed by atoms with E-state index in [1.807, 2.05) is 12.1 Å². The summed E-state index contributed by atoms with van der Waals surface area (Å²) in [6.07, 6.45) is 1.32.